The molecule has 0 aliphatic carbocycles. The fourth-order valence-corrected chi connectivity index (χ4v) is 2.61. The van der Waals surface area contributed by atoms with Gasteiger partial charge < -0.3 is 4.90 Å². The van der Waals surface area contributed by atoms with E-state index in [0.29, 0.717) is 30.8 Å². The number of hydrogen-bond acceptors (Lipinski definition) is 3. The molecule has 5 nitrogen and oxygen atoms in total. The van der Waals surface area contributed by atoms with E-state index in [0.717, 1.165) is 11.2 Å². The average molecular weight is 295 g/mol. The summed E-state index contributed by atoms with van der Waals surface area (Å²) in [5.74, 6) is -0.0738. The van der Waals surface area contributed by atoms with Crippen LogP contribution in [0.1, 0.15) is 23.8 Å². The maximum atomic E-state index is 12.6. The van der Waals surface area contributed by atoms with Gasteiger partial charge in [0.1, 0.15) is 11.3 Å². The number of pyridine rings is 1. The Kier molecular flexibility index (Phi) is 3.63. The minimum Gasteiger partial charge on any atom is -0.333 e. The summed E-state index contributed by atoms with van der Waals surface area (Å²) in [6, 6.07) is 5.62. The number of fused-ring (bicyclic) bond motifs is 1. The van der Waals surface area contributed by atoms with Crippen molar-refractivity contribution in [1.82, 2.24) is 14.3 Å². The lowest BCUT2D eigenvalue weighted by molar-refractivity contribution is -0.113. The lowest BCUT2D eigenvalue weighted by Gasteiger charge is -2.26. The molecule has 2 aromatic heterocycles. The molecule has 0 fully saturated rings. The Morgan fingerprint density at radius 3 is 2.82 bits per heavy atom. The van der Waals surface area contributed by atoms with Gasteiger partial charge in [0.25, 0.3) is 5.91 Å². The summed E-state index contributed by atoms with van der Waals surface area (Å²) in [6.07, 6.45) is 6.00. The van der Waals surface area contributed by atoms with Gasteiger partial charge in [-0.3, -0.25) is 14.0 Å². The quantitative estimate of drug-likeness (QED) is 0.816. The maximum absolute atomic E-state index is 12.6. The summed E-state index contributed by atoms with van der Waals surface area (Å²) in [7, 11) is 0. The zero-order valence-electron chi connectivity index (χ0n) is 12.5. The van der Waals surface area contributed by atoms with Crippen LogP contribution in [-0.4, -0.2) is 39.1 Å². The monoisotopic (exact) mass is 295 g/mol. The number of aromatic nitrogens is 2. The molecule has 0 atom stereocenters. The van der Waals surface area contributed by atoms with Crippen molar-refractivity contribution in [3.63, 3.8) is 0 Å². The molecule has 0 N–H and O–H groups in total. The van der Waals surface area contributed by atoms with Crippen LogP contribution in [0.25, 0.3) is 5.65 Å². The Hall–Kier alpha value is -2.69. The fraction of sp³-hybridized carbons (Fsp3) is 0.235. The zero-order chi connectivity index (χ0) is 15.7. The molecule has 0 radical (unpaired) electrons. The standard InChI is InChI=1S/C17H17N3O2/c1-12(13(2)21)14-6-9-19(10-7-14)17(22)15-11-18-16-5-3-4-8-20(15)16/h3-6,8,11H,1,7,9-10H2,2H3. The van der Waals surface area contributed by atoms with Gasteiger partial charge in [0.05, 0.1) is 6.20 Å². The Morgan fingerprint density at radius 2 is 2.14 bits per heavy atom. The molecule has 0 unspecified atom stereocenters. The normalized spacial score (nSPS) is 14.8. The summed E-state index contributed by atoms with van der Waals surface area (Å²) >= 11 is 0. The lowest BCUT2D eigenvalue weighted by Crippen LogP contribution is -2.35. The summed E-state index contributed by atoms with van der Waals surface area (Å²) in [6.45, 7) is 6.38. The first kappa shape index (κ1) is 14.3. The largest absolute Gasteiger partial charge is 0.333 e. The van der Waals surface area contributed by atoms with E-state index in [1.807, 2.05) is 30.5 Å². The van der Waals surface area contributed by atoms with Crippen molar-refractivity contribution < 1.29 is 9.59 Å². The summed E-state index contributed by atoms with van der Waals surface area (Å²) < 4.78 is 1.79. The molecule has 112 valence electrons. The number of Topliss-reactive ketones (excluding diaryl/α,β-unsaturated/α-hetero) is 1. The van der Waals surface area contributed by atoms with E-state index in [2.05, 4.69) is 11.6 Å². The highest BCUT2D eigenvalue weighted by atomic mass is 16.2. The topological polar surface area (TPSA) is 54.7 Å². The van der Waals surface area contributed by atoms with E-state index in [1.54, 1.807) is 15.5 Å². The molecule has 1 amide bonds. The number of hydrogen-bond donors (Lipinski definition) is 0. The van der Waals surface area contributed by atoms with Crippen LogP contribution in [0.3, 0.4) is 0 Å². The minimum absolute atomic E-state index is 0.0205. The van der Waals surface area contributed by atoms with Crippen molar-refractivity contribution in [2.75, 3.05) is 13.1 Å². The molecular formula is C17H17N3O2. The van der Waals surface area contributed by atoms with Crippen molar-refractivity contribution in [2.45, 2.75) is 13.3 Å². The molecule has 3 heterocycles. The number of allylic oxidation sites excluding steroid dienone is 1. The Labute approximate surface area is 128 Å². The van der Waals surface area contributed by atoms with Gasteiger partial charge in [-0.15, -0.1) is 0 Å². The van der Waals surface area contributed by atoms with E-state index in [1.165, 1.54) is 6.92 Å². The Morgan fingerprint density at radius 1 is 1.32 bits per heavy atom. The fourth-order valence-electron chi connectivity index (χ4n) is 2.61. The second kappa shape index (κ2) is 5.60. The van der Waals surface area contributed by atoms with Crippen LogP contribution in [0, 0.1) is 0 Å². The predicted octanol–water partition coefficient (Wildman–Crippen LogP) is 2.25. The minimum atomic E-state index is -0.0533. The van der Waals surface area contributed by atoms with Gasteiger partial charge in [0.15, 0.2) is 5.78 Å². The van der Waals surface area contributed by atoms with E-state index in [-0.39, 0.29) is 11.7 Å². The highest BCUT2D eigenvalue weighted by Gasteiger charge is 2.22. The molecule has 0 bridgehead atoms. The molecule has 5 heteroatoms. The number of carbonyl (C=O) groups excluding carboxylic acids is 2. The maximum Gasteiger partial charge on any atom is 0.272 e. The summed E-state index contributed by atoms with van der Waals surface area (Å²) in [5, 5.41) is 0. The second-order valence-electron chi connectivity index (χ2n) is 5.34. The van der Waals surface area contributed by atoms with Gasteiger partial charge in [0, 0.05) is 24.9 Å². The van der Waals surface area contributed by atoms with Gasteiger partial charge >= 0.3 is 0 Å². The van der Waals surface area contributed by atoms with Crippen LogP contribution in [0.4, 0.5) is 0 Å². The van der Waals surface area contributed by atoms with Gasteiger partial charge in [-0.1, -0.05) is 18.7 Å². The lowest BCUT2D eigenvalue weighted by atomic mass is 9.98. The van der Waals surface area contributed by atoms with Gasteiger partial charge in [0.2, 0.25) is 0 Å². The predicted molar refractivity (Wildman–Crippen MR) is 83.6 cm³/mol. The highest BCUT2D eigenvalue weighted by molar-refractivity contribution is 5.97. The molecule has 22 heavy (non-hydrogen) atoms. The molecule has 0 saturated heterocycles. The summed E-state index contributed by atoms with van der Waals surface area (Å²) in [4.78, 5) is 30.0. The SMILES string of the molecule is C=C(C(C)=O)C1=CCN(C(=O)c2cnc3ccccn23)CC1. The van der Waals surface area contributed by atoms with E-state index in [9.17, 15) is 9.59 Å². The molecule has 0 spiro atoms. The number of imidazole rings is 1. The van der Waals surface area contributed by atoms with Crippen LogP contribution in [-0.2, 0) is 4.79 Å². The van der Waals surface area contributed by atoms with E-state index < -0.39 is 0 Å². The van der Waals surface area contributed by atoms with Crippen LogP contribution in [0.15, 0.2) is 54.4 Å². The van der Waals surface area contributed by atoms with Crippen LogP contribution < -0.4 is 0 Å². The molecular weight excluding hydrogens is 278 g/mol. The van der Waals surface area contributed by atoms with Crippen LogP contribution in [0.5, 0.6) is 0 Å². The van der Waals surface area contributed by atoms with Gasteiger partial charge in [-0.25, -0.2) is 4.98 Å². The molecule has 0 saturated carbocycles. The third kappa shape index (κ3) is 2.45. The third-order valence-corrected chi connectivity index (χ3v) is 3.95. The molecule has 1 aliphatic heterocycles. The summed E-state index contributed by atoms with van der Waals surface area (Å²) in [5.41, 5.74) is 2.79. The number of rotatable bonds is 3. The highest BCUT2D eigenvalue weighted by Crippen LogP contribution is 2.20. The molecule has 3 rings (SSSR count). The zero-order valence-corrected chi connectivity index (χ0v) is 12.5. The van der Waals surface area contributed by atoms with Gasteiger partial charge in [-0.05, 0) is 31.1 Å². The first-order valence-corrected chi connectivity index (χ1v) is 7.18. The number of carbonyl (C=O) groups is 2. The van der Waals surface area contributed by atoms with E-state index in [4.69, 9.17) is 0 Å². The van der Waals surface area contributed by atoms with Crippen molar-refractivity contribution in [2.24, 2.45) is 0 Å². The first-order chi connectivity index (χ1) is 10.6. The molecule has 0 aromatic carbocycles. The number of ketones is 1. The average Bonchev–Trinajstić information content (AvgIpc) is 2.97. The van der Waals surface area contributed by atoms with Crippen LogP contribution in [0.2, 0.25) is 0 Å². The van der Waals surface area contributed by atoms with Crippen molar-refractivity contribution in [3.05, 3.63) is 60.1 Å². The Balaban J connectivity index is 1.80. The molecule has 2 aromatic rings. The van der Waals surface area contributed by atoms with Gasteiger partial charge in [-0.2, -0.15) is 0 Å². The Bertz CT molecular complexity index is 801. The van der Waals surface area contributed by atoms with Crippen molar-refractivity contribution in [3.8, 4) is 0 Å². The molecule has 1 aliphatic rings. The van der Waals surface area contributed by atoms with Crippen molar-refractivity contribution in [1.29, 1.82) is 0 Å². The van der Waals surface area contributed by atoms with E-state index >= 15 is 0 Å². The van der Waals surface area contributed by atoms with Crippen molar-refractivity contribution >= 4 is 17.3 Å². The third-order valence-electron chi connectivity index (χ3n) is 3.95. The smallest absolute Gasteiger partial charge is 0.272 e. The second-order valence-corrected chi connectivity index (χ2v) is 5.34. The van der Waals surface area contributed by atoms with Crippen LogP contribution >= 0.6 is 0 Å². The first-order valence-electron chi connectivity index (χ1n) is 7.18. The number of amides is 1. The number of nitrogens with zero attached hydrogens (tertiary/aromatic N) is 3.